The van der Waals surface area contributed by atoms with Gasteiger partial charge in [-0.25, -0.2) is 0 Å². The fourth-order valence-electron chi connectivity index (χ4n) is 0. The number of hydrogen-bond acceptors (Lipinski definition) is 1. The summed E-state index contributed by atoms with van der Waals surface area (Å²) in [7, 11) is 0. The van der Waals surface area contributed by atoms with Crippen molar-refractivity contribution in [2.45, 2.75) is 26.3 Å². The maximum absolute atomic E-state index is 8.64. The predicted octanol–water partition coefficient (Wildman–Crippen LogP) is 0.777. The second kappa shape index (κ2) is 0.977. The lowest BCUT2D eigenvalue weighted by molar-refractivity contribution is 0.102. The number of hydrogen-bond donors (Lipinski definition) is 1. The molecule has 0 fully saturated rings. The molecule has 0 aliphatic carbocycles. The van der Waals surface area contributed by atoms with Gasteiger partial charge in [-0.2, -0.15) is 0 Å². The van der Waals surface area contributed by atoms with Crippen LogP contribution in [0.4, 0.5) is 0 Å². The van der Waals surface area contributed by atoms with E-state index in [9.17, 15) is 0 Å². The Morgan fingerprint density at radius 1 is 1.80 bits per heavy atom. The van der Waals surface area contributed by atoms with Gasteiger partial charge in [-0.15, -0.1) is 0 Å². The molecule has 0 amide bonds. The van der Waals surface area contributed by atoms with Crippen LogP contribution in [0.5, 0.6) is 0 Å². The van der Waals surface area contributed by atoms with Crippen molar-refractivity contribution in [3.05, 3.63) is 0 Å². The fraction of sp³-hybridized carbons (Fsp3) is 1.00. The van der Waals surface area contributed by atoms with Crippen LogP contribution in [0.15, 0.2) is 0 Å². The highest BCUT2D eigenvalue weighted by molar-refractivity contribution is 4.50. The molecule has 1 heteroatoms. The quantitative estimate of drug-likeness (QED) is 0.451. The average Bonchev–Trinajstić information content (AvgIpc) is 1.35. The molecule has 0 saturated carbocycles. The van der Waals surface area contributed by atoms with Gasteiger partial charge >= 0.3 is 0 Å². The molecular formula is C4H10O. The monoisotopic (exact) mass is 75.1 g/mol. The molecule has 1 nitrogen and oxygen atoms in total. The molecule has 0 aromatic rings. The van der Waals surface area contributed by atoms with Crippen LogP contribution in [0.2, 0.25) is 0 Å². The van der Waals surface area contributed by atoms with E-state index in [1.54, 1.807) is 13.8 Å². The van der Waals surface area contributed by atoms with Crippen molar-refractivity contribution in [3.8, 4) is 0 Å². The van der Waals surface area contributed by atoms with E-state index >= 15 is 0 Å². The second-order valence-corrected chi connectivity index (χ2v) is 1.81. The summed E-state index contributed by atoms with van der Waals surface area (Å²) in [6.45, 7) is 3.30. The third kappa shape index (κ3) is 9510. The summed E-state index contributed by atoms with van der Waals surface area (Å²) in [6.07, 6.45) is 0. The van der Waals surface area contributed by atoms with Gasteiger partial charge < -0.3 is 5.11 Å². The molecular weight excluding hydrogens is 64.0 g/mol. The van der Waals surface area contributed by atoms with Crippen LogP contribution in [-0.2, 0) is 0 Å². The molecule has 0 rings (SSSR count). The minimum absolute atomic E-state index is 0.0764. The normalized spacial score (nSPS) is 14.6. The van der Waals surface area contributed by atoms with Gasteiger partial charge in [0.2, 0.25) is 0 Å². The van der Waals surface area contributed by atoms with Gasteiger partial charge in [-0.3, -0.25) is 0 Å². The molecule has 0 bridgehead atoms. The summed E-state index contributed by atoms with van der Waals surface area (Å²) in [5, 5.41) is 8.64. The molecule has 0 aliphatic heterocycles. The zero-order valence-electron chi connectivity index (χ0n) is 4.65. The van der Waals surface area contributed by atoms with Crippen molar-refractivity contribution in [1.29, 1.82) is 0 Å². The first-order chi connectivity index (χ1) is 2.56. The van der Waals surface area contributed by atoms with E-state index in [1.165, 1.54) is 0 Å². The van der Waals surface area contributed by atoms with E-state index in [-0.39, 0.29) is 6.90 Å². The van der Waals surface area contributed by atoms with Gasteiger partial charge in [0.1, 0.15) is 0 Å². The third-order valence-electron chi connectivity index (χ3n) is 0. The van der Waals surface area contributed by atoms with Gasteiger partial charge in [0.15, 0.2) is 0 Å². The Hall–Kier alpha value is -0.0400. The highest BCUT2D eigenvalue weighted by atomic mass is 16.3. The molecule has 0 atom stereocenters. The predicted molar refractivity (Wildman–Crippen MR) is 22.0 cm³/mol. The van der Waals surface area contributed by atoms with E-state index in [1.807, 2.05) is 0 Å². The van der Waals surface area contributed by atoms with Gasteiger partial charge in [0, 0.05) is 1.37 Å². The van der Waals surface area contributed by atoms with Crippen LogP contribution < -0.4 is 0 Å². The smallest absolute Gasteiger partial charge is 0.0563 e. The highest BCUT2D eigenvalue weighted by Gasteiger charge is 1.97. The summed E-state index contributed by atoms with van der Waals surface area (Å²) in [4.78, 5) is 0. The van der Waals surface area contributed by atoms with Crippen LogP contribution in [0.25, 0.3) is 0 Å². The highest BCUT2D eigenvalue weighted by Crippen LogP contribution is 1.93. The summed E-state index contributed by atoms with van der Waals surface area (Å²) in [5.41, 5.74) is -0.792. The fourth-order valence-corrected chi connectivity index (χ4v) is 0. The molecule has 0 aromatic carbocycles. The lowest BCUT2D eigenvalue weighted by atomic mass is 10.2. The Morgan fingerprint density at radius 2 is 2.00 bits per heavy atom. The molecule has 0 radical (unpaired) electrons. The van der Waals surface area contributed by atoms with Crippen LogP contribution in [0, 0.1) is 0 Å². The molecule has 32 valence electrons. The minimum Gasteiger partial charge on any atom is -0.391 e. The van der Waals surface area contributed by atoms with E-state index in [0.717, 1.165) is 0 Å². The van der Waals surface area contributed by atoms with Gasteiger partial charge in [0.25, 0.3) is 0 Å². The van der Waals surface area contributed by atoms with Crippen LogP contribution >= 0.6 is 0 Å². The summed E-state index contributed by atoms with van der Waals surface area (Å²) >= 11 is 0. The Morgan fingerprint density at radius 3 is 2.00 bits per heavy atom. The van der Waals surface area contributed by atoms with Crippen molar-refractivity contribution >= 4 is 0 Å². The summed E-state index contributed by atoms with van der Waals surface area (Å²) in [5.74, 6) is 0. The maximum Gasteiger partial charge on any atom is 0.0563 e. The molecule has 0 unspecified atom stereocenters. The number of rotatable bonds is 0. The maximum atomic E-state index is 8.64. The van der Waals surface area contributed by atoms with Crippen LogP contribution in [0.3, 0.4) is 0 Å². The number of aliphatic hydroxyl groups is 1. The first-order valence-electron chi connectivity index (χ1n) is 2.28. The Labute approximate surface area is 34.0 Å². The second-order valence-electron chi connectivity index (χ2n) is 1.81. The molecule has 0 spiro atoms. The molecule has 5 heavy (non-hydrogen) atoms. The zero-order chi connectivity index (χ0) is 5.21. The SMILES string of the molecule is [2H]CC(C)(C)O. The van der Waals surface area contributed by atoms with Crippen LogP contribution in [-0.4, -0.2) is 10.7 Å². The van der Waals surface area contributed by atoms with Crippen molar-refractivity contribution in [2.24, 2.45) is 0 Å². The third-order valence-corrected chi connectivity index (χ3v) is 0. The molecule has 0 aliphatic rings. The minimum atomic E-state index is -0.792. The summed E-state index contributed by atoms with van der Waals surface area (Å²) in [6, 6.07) is 0. The van der Waals surface area contributed by atoms with E-state index in [4.69, 9.17) is 6.48 Å². The summed E-state index contributed by atoms with van der Waals surface area (Å²) < 4.78 is 6.60. The topological polar surface area (TPSA) is 20.2 Å². The van der Waals surface area contributed by atoms with Gasteiger partial charge in [-0.1, -0.05) is 0 Å². The van der Waals surface area contributed by atoms with Crippen molar-refractivity contribution < 1.29 is 6.48 Å². The standard InChI is InChI=1S/C4H10O/c1-4(2,3)5/h5H,1-3H3/i1D. The lowest BCUT2D eigenvalue weighted by Gasteiger charge is -2.04. The molecule has 1 N–H and O–H groups in total. The molecule has 0 heterocycles. The van der Waals surface area contributed by atoms with Crippen molar-refractivity contribution in [1.82, 2.24) is 0 Å². The van der Waals surface area contributed by atoms with Gasteiger partial charge in [0.05, 0.1) is 5.60 Å². The van der Waals surface area contributed by atoms with Crippen molar-refractivity contribution in [2.75, 3.05) is 0 Å². The average molecular weight is 75.1 g/mol. The molecule has 0 aromatic heterocycles. The van der Waals surface area contributed by atoms with E-state index in [0.29, 0.717) is 0 Å². The van der Waals surface area contributed by atoms with E-state index in [2.05, 4.69) is 0 Å². The Kier molecular flexibility index (Phi) is 0.618. The largest absolute Gasteiger partial charge is 0.391 e. The van der Waals surface area contributed by atoms with E-state index < -0.39 is 5.60 Å². The Balaban J connectivity index is 3.17. The first-order valence-corrected chi connectivity index (χ1v) is 1.58. The zero-order valence-corrected chi connectivity index (χ0v) is 3.65. The Bertz CT molecular complexity index is 37.3. The van der Waals surface area contributed by atoms with Crippen molar-refractivity contribution in [3.63, 3.8) is 0 Å². The molecule has 0 saturated heterocycles. The first kappa shape index (κ1) is 3.16. The van der Waals surface area contributed by atoms with Gasteiger partial charge in [-0.05, 0) is 20.7 Å². The van der Waals surface area contributed by atoms with Crippen LogP contribution in [0.1, 0.15) is 22.1 Å². The lowest BCUT2D eigenvalue weighted by Crippen LogP contribution is -2.10.